The van der Waals surface area contributed by atoms with Gasteiger partial charge in [0.25, 0.3) is 0 Å². The van der Waals surface area contributed by atoms with Crippen molar-refractivity contribution in [1.82, 2.24) is 8.87 Å². The van der Waals surface area contributed by atoms with Crippen molar-refractivity contribution >= 4 is 10.0 Å². The first kappa shape index (κ1) is 17.2. The third-order valence-electron chi connectivity index (χ3n) is 3.71. The Morgan fingerprint density at radius 3 is 2.50 bits per heavy atom. The Kier molecular flexibility index (Phi) is 6.23. The summed E-state index contributed by atoms with van der Waals surface area (Å²) in [6.45, 7) is 6.94. The maximum Gasteiger partial charge on any atom is 0.244 e. The van der Waals surface area contributed by atoms with E-state index in [-0.39, 0.29) is 6.04 Å². The van der Waals surface area contributed by atoms with Crippen molar-refractivity contribution < 1.29 is 8.42 Å². The molecule has 0 fully saturated rings. The molecule has 0 aliphatic carbocycles. The van der Waals surface area contributed by atoms with Crippen molar-refractivity contribution in [3.63, 3.8) is 0 Å². The molecule has 0 spiro atoms. The van der Waals surface area contributed by atoms with Gasteiger partial charge in [-0.25, -0.2) is 8.42 Å². The molecule has 1 unspecified atom stereocenters. The summed E-state index contributed by atoms with van der Waals surface area (Å²) in [5.74, 6) is 0. The third kappa shape index (κ3) is 3.62. The van der Waals surface area contributed by atoms with Crippen molar-refractivity contribution in [2.24, 2.45) is 12.8 Å². The minimum atomic E-state index is -3.44. The quantitative estimate of drug-likeness (QED) is 0.799. The van der Waals surface area contributed by atoms with Crippen LogP contribution in [0.4, 0.5) is 0 Å². The molecule has 1 atom stereocenters. The fourth-order valence-corrected chi connectivity index (χ4v) is 3.99. The normalized spacial score (nSPS) is 13.9. The maximum absolute atomic E-state index is 12.8. The first-order valence-electron chi connectivity index (χ1n) is 7.25. The molecule has 0 saturated carbocycles. The van der Waals surface area contributed by atoms with Crippen LogP contribution in [0.5, 0.6) is 0 Å². The lowest BCUT2D eigenvalue weighted by atomic mass is 10.2. The summed E-state index contributed by atoms with van der Waals surface area (Å²) in [6, 6.07) is 1.68. The summed E-state index contributed by atoms with van der Waals surface area (Å²) in [6.07, 6.45) is 4.31. The summed E-state index contributed by atoms with van der Waals surface area (Å²) in [7, 11) is -1.62. The minimum absolute atomic E-state index is 0.00748. The second kappa shape index (κ2) is 7.24. The van der Waals surface area contributed by atoms with Gasteiger partial charge in [-0.15, -0.1) is 0 Å². The van der Waals surface area contributed by atoms with Crippen LogP contribution in [0.1, 0.15) is 45.7 Å². The molecular weight excluding hydrogens is 274 g/mol. The van der Waals surface area contributed by atoms with Crippen LogP contribution in [0.15, 0.2) is 17.2 Å². The molecule has 20 heavy (non-hydrogen) atoms. The minimum Gasteiger partial charge on any atom is -0.352 e. The molecule has 0 aliphatic heterocycles. The van der Waals surface area contributed by atoms with Gasteiger partial charge in [-0.2, -0.15) is 4.31 Å². The van der Waals surface area contributed by atoms with Crippen LogP contribution in [-0.2, 0) is 23.6 Å². The summed E-state index contributed by atoms with van der Waals surface area (Å²) in [5, 5.41) is 0. The van der Waals surface area contributed by atoms with E-state index in [1.165, 1.54) is 0 Å². The Bertz CT molecular complexity index is 523. The highest BCUT2D eigenvalue weighted by Crippen LogP contribution is 2.22. The lowest BCUT2D eigenvalue weighted by Crippen LogP contribution is -2.38. The Balaban J connectivity index is 3.14. The number of rotatable bonds is 8. The predicted octanol–water partition coefficient (Wildman–Crippen LogP) is 2.07. The Morgan fingerprint density at radius 2 is 2.05 bits per heavy atom. The SMILES string of the molecule is CCCCN(C(C)CC)S(=O)(=O)c1cc(CN)n(C)c1. The average molecular weight is 301 g/mol. The fraction of sp³-hybridized carbons (Fsp3) is 0.714. The molecule has 1 rings (SSSR count). The Labute approximate surface area is 122 Å². The van der Waals surface area contributed by atoms with Crippen LogP contribution >= 0.6 is 0 Å². The van der Waals surface area contributed by atoms with E-state index in [4.69, 9.17) is 5.73 Å². The van der Waals surface area contributed by atoms with Crippen molar-refractivity contribution in [3.05, 3.63) is 18.0 Å². The molecule has 0 amide bonds. The first-order chi connectivity index (χ1) is 9.38. The highest BCUT2D eigenvalue weighted by molar-refractivity contribution is 7.89. The zero-order chi connectivity index (χ0) is 15.3. The molecule has 1 heterocycles. The van der Waals surface area contributed by atoms with Gasteiger partial charge in [-0.1, -0.05) is 20.3 Å². The Morgan fingerprint density at radius 1 is 1.40 bits per heavy atom. The van der Waals surface area contributed by atoms with Gasteiger partial charge in [0.05, 0.1) is 0 Å². The molecular formula is C14H27N3O2S. The van der Waals surface area contributed by atoms with Crippen LogP contribution in [0, 0.1) is 0 Å². The third-order valence-corrected chi connectivity index (χ3v) is 5.69. The molecule has 5 nitrogen and oxygen atoms in total. The fourth-order valence-electron chi connectivity index (χ4n) is 2.15. The van der Waals surface area contributed by atoms with Gasteiger partial charge in [0.2, 0.25) is 10.0 Å². The zero-order valence-corrected chi connectivity index (χ0v) is 13.8. The number of nitrogens with two attached hydrogens (primary N) is 1. The van der Waals surface area contributed by atoms with E-state index in [9.17, 15) is 8.42 Å². The molecule has 1 aromatic rings. The van der Waals surface area contributed by atoms with E-state index < -0.39 is 10.0 Å². The number of unbranched alkanes of at least 4 members (excludes halogenated alkanes) is 1. The van der Waals surface area contributed by atoms with Crippen molar-refractivity contribution in [3.8, 4) is 0 Å². The average Bonchev–Trinajstić information content (AvgIpc) is 2.80. The van der Waals surface area contributed by atoms with Gasteiger partial charge in [-0.05, 0) is 25.8 Å². The zero-order valence-electron chi connectivity index (χ0n) is 13.0. The van der Waals surface area contributed by atoms with Crippen LogP contribution < -0.4 is 5.73 Å². The molecule has 0 saturated heterocycles. The van der Waals surface area contributed by atoms with Crippen LogP contribution in [-0.4, -0.2) is 29.9 Å². The maximum atomic E-state index is 12.8. The van der Waals surface area contributed by atoms with E-state index >= 15 is 0 Å². The van der Waals surface area contributed by atoms with Gasteiger partial charge >= 0.3 is 0 Å². The highest BCUT2D eigenvalue weighted by atomic mass is 32.2. The summed E-state index contributed by atoms with van der Waals surface area (Å²) in [4.78, 5) is 0.344. The number of sulfonamides is 1. The van der Waals surface area contributed by atoms with E-state index in [2.05, 4.69) is 6.92 Å². The van der Waals surface area contributed by atoms with E-state index in [0.717, 1.165) is 25.0 Å². The smallest absolute Gasteiger partial charge is 0.244 e. The van der Waals surface area contributed by atoms with Gasteiger partial charge in [0.15, 0.2) is 0 Å². The summed E-state index contributed by atoms with van der Waals surface area (Å²) < 4.78 is 29.0. The van der Waals surface area contributed by atoms with Crippen LogP contribution in [0.25, 0.3) is 0 Å². The molecule has 0 radical (unpaired) electrons. The molecule has 2 N–H and O–H groups in total. The van der Waals surface area contributed by atoms with Crippen molar-refractivity contribution in [2.75, 3.05) is 6.54 Å². The lowest BCUT2D eigenvalue weighted by Gasteiger charge is -2.27. The van der Waals surface area contributed by atoms with Gasteiger partial charge < -0.3 is 10.3 Å². The highest BCUT2D eigenvalue weighted by Gasteiger charge is 2.28. The molecule has 0 bridgehead atoms. The van der Waals surface area contributed by atoms with E-state index in [1.54, 1.807) is 21.1 Å². The van der Waals surface area contributed by atoms with E-state index in [1.807, 2.05) is 20.9 Å². The summed E-state index contributed by atoms with van der Waals surface area (Å²) in [5.41, 5.74) is 6.44. The van der Waals surface area contributed by atoms with Crippen molar-refractivity contribution in [2.45, 2.75) is 57.5 Å². The standard InChI is InChI=1S/C14H27N3O2S/c1-5-7-8-17(12(3)6-2)20(18,19)14-9-13(10-15)16(4)11-14/h9,11-12H,5-8,10,15H2,1-4H3. The summed E-state index contributed by atoms with van der Waals surface area (Å²) >= 11 is 0. The number of hydrogen-bond donors (Lipinski definition) is 1. The molecule has 0 aliphatic rings. The number of aromatic nitrogens is 1. The topological polar surface area (TPSA) is 68.3 Å². The van der Waals surface area contributed by atoms with Crippen LogP contribution in [0.2, 0.25) is 0 Å². The number of nitrogens with zero attached hydrogens (tertiary/aromatic N) is 2. The second-order valence-corrected chi connectivity index (χ2v) is 7.10. The molecule has 116 valence electrons. The van der Waals surface area contributed by atoms with Gasteiger partial charge in [-0.3, -0.25) is 0 Å². The molecule has 1 aromatic heterocycles. The lowest BCUT2D eigenvalue weighted by molar-refractivity contribution is 0.324. The monoisotopic (exact) mass is 301 g/mol. The van der Waals surface area contributed by atoms with Gasteiger partial charge in [0.1, 0.15) is 4.90 Å². The largest absolute Gasteiger partial charge is 0.352 e. The molecule has 6 heteroatoms. The first-order valence-corrected chi connectivity index (χ1v) is 8.69. The number of aryl methyl sites for hydroxylation is 1. The second-order valence-electron chi connectivity index (χ2n) is 5.21. The van der Waals surface area contributed by atoms with Gasteiger partial charge in [0, 0.05) is 38.1 Å². The predicted molar refractivity (Wildman–Crippen MR) is 81.9 cm³/mol. The molecule has 0 aromatic carbocycles. The van der Waals surface area contributed by atoms with E-state index in [0.29, 0.717) is 18.0 Å². The number of hydrogen-bond acceptors (Lipinski definition) is 3. The van der Waals surface area contributed by atoms with Crippen LogP contribution in [0.3, 0.4) is 0 Å². The Hall–Kier alpha value is -0.850. The van der Waals surface area contributed by atoms with Crippen molar-refractivity contribution in [1.29, 1.82) is 0 Å².